The Hall–Kier alpha value is -3.06. The number of terminal acetylenes is 1. The third-order valence-corrected chi connectivity index (χ3v) is 3.49. The number of nitrogens with one attached hydrogen (secondary N) is 1. The lowest BCUT2D eigenvalue weighted by Gasteiger charge is -2.08. The standard InChI is InChI=1S/C18H15N3O/c1-4-14-6-8-15(9-7-14)20-18(22)16-10-5-13(3)21-11-12(2)19-17(16)21/h1,5-11H,2-3H3,(H,20,22). The molecule has 3 rings (SSSR count). The molecule has 1 amide bonds. The highest BCUT2D eigenvalue weighted by Gasteiger charge is 2.14. The quantitative estimate of drug-likeness (QED) is 0.736. The van der Waals surface area contributed by atoms with Crippen LogP contribution in [-0.2, 0) is 0 Å². The molecule has 0 saturated heterocycles. The van der Waals surface area contributed by atoms with Crippen LogP contribution in [0.2, 0.25) is 0 Å². The van der Waals surface area contributed by atoms with E-state index >= 15 is 0 Å². The van der Waals surface area contributed by atoms with E-state index in [1.54, 1.807) is 30.3 Å². The summed E-state index contributed by atoms with van der Waals surface area (Å²) in [4.78, 5) is 16.9. The molecule has 3 aromatic rings. The molecule has 1 aromatic carbocycles. The Balaban J connectivity index is 1.95. The molecule has 0 aliphatic heterocycles. The van der Waals surface area contributed by atoms with Crippen LogP contribution in [0, 0.1) is 26.2 Å². The molecule has 0 fully saturated rings. The van der Waals surface area contributed by atoms with Crippen molar-refractivity contribution in [1.29, 1.82) is 0 Å². The number of nitrogens with zero attached hydrogens (tertiary/aromatic N) is 2. The van der Waals surface area contributed by atoms with Crippen LogP contribution in [0.5, 0.6) is 0 Å². The van der Waals surface area contributed by atoms with Gasteiger partial charge in [-0.3, -0.25) is 4.79 Å². The molecule has 0 unspecified atom stereocenters. The Morgan fingerprint density at radius 1 is 1.18 bits per heavy atom. The van der Waals surface area contributed by atoms with Crippen molar-refractivity contribution in [3.63, 3.8) is 0 Å². The highest BCUT2D eigenvalue weighted by Crippen LogP contribution is 2.16. The minimum Gasteiger partial charge on any atom is -0.322 e. The van der Waals surface area contributed by atoms with Gasteiger partial charge in [-0.15, -0.1) is 6.42 Å². The molecule has 22 heavy (non-hydrogen) atoms. The molecule has 0 atom stereocenters. The van der Waals surface area contributed by atoms with E-state index in [0.29, 0.717) is 16.9 Å². The van der Waals surface area contributed by atoms with E-state index in [1.807, 2.05) is 30.5 Å². The van der Waals surface area contributed by atoms with Crippen molar-refractivity contribution in [1.82, 2.24) is 9.38 Å². The topological polar surface area (TPSA) is 46.4 Å². The number of imidazole rings is 1. The van der Waals surface area contributed by atoms with E-state index in [9.17, 15) is 4.79 Å². The molecular weight excluding hydrogens is 274 g/mol. The van der Waals surface area contributed by atoms with Gasteiger partial charge in [0.2, 0.25) is 0 Å². The Labute approximate surface area is 128 Å². The number of anilines is 1. The Bertz CT molecular complexity index is 898. The van der Waals surface area contributed by atoms with E-state index in [1.165, 1.54) is 0 Å². The van der Waals surface area contributed by atoms with E-state index in [-0.39, 0.29) is 5.91 Å². The number of aryl methyl sites for hydroxylation is 2. The van der Waals surface area contributed by atoms with Gasteiger partial charge in [0, 0.05) is 23.1 Å². The summed E-state index contributed by atoms with van der Waals surface area (Å²) < 4.78 is 1.92. The van der Waals surface area contributed by atoms with Gasteiger partial charge in [0.05, 0.1) is 11.3 Å². The van der Waals surface area contributed by atoms with Crippen LogP contribution in [0.25, 0.3) is 5.65 Å². The fourth-order valence-electron chi connectivity index (χ4n) is 2.34. The number of hydrogen-bond acceptors (Lipinski definition) is 2. The highest BCUT2D eigenvalue weighted by molar-refractivity contribution is 6.08. The van der Waals surface area contributed by atoms with Crippen LogP contribution < -0.4 is 5.32 Å². The number of carbonyl (C=O) groups excluding carboxylic acids is 1. The van der Waals surface area contributed by atoms with Gasteiger partial charge in [0.1, 0.15) is 5.65 Å². The van der Waals surface area contributed by atoms with Crippen LogP contribution in [0.4, 0.5) is 5.69 Å². The molecule has 4 nitrogen and oxygen atoms in total. The molecule has 0 spiro atoms. The molecule has 0 aliphatic carbocycles. The number of hydrogen-bond donors (Lipinski definition) is 1. The lowest BCUT2D eigenvalue weighted by atomic mass is 10.2. The molecule has 0 radical (unpaired) electrons. The molecule has 0 aliphatic rings. The summed E-state index contributed by atoms with van der Waals surface area (Å²) in [5.41, 5.74) is 4.59. The fourth-order valence-corrected chi connectivity index (χ4v) is 2.34. The van der Waals surface area contributed by atoms with Crippen LogP contribution in [0.15, 0.2) is 42.6 Å². The van der Waals surface area contributed by atoms with Gasteiger partial charge >= 0.3 is 0 Å². The predicted molar refractivity (Wildman–Crippen MR) is 87.0 cm³/mol. The van der Waals surface area contributed by atoms with Crippen molar-refractivity contribution >= 4 is 17.2 Å². The van der Waals surface area contributed by atoms with Gasteiger partial charge in [0.25, 0.3) is 5.91 Å². The number of pyridine rings is 1. The van der Waals surface area contributed by atoms with Crippen molar-refractivity contribution in [2.45, 2.75) is 13.8 Å². The van der Waals surface area contributed by atoms with Gasteiger partial charge in [-0.05, 0) is 50.2 Å². The zero-order valence-corrected chi connectivity index (χ0v) is 12.4. The molecule has 0 saturated carbocycles. The minimum absolute atomic E-state index is 0.191. The Morgan fingerprint density at radius 2 is 1.91 bits per heavy atom. The molecule has 4 heteroatoms. The molecule has 108 valence electrons. The zero-order valence-electron chi connectivity index (χ0n) is 12.4. The second-order valence-corrected chi connectivity index (χ2v) is 5.14. The number of carbonyl (C=O) groups is 1. The maximum absolute atomic E-state index is 12.5. The van der Waals surface area contributed by atoms with Gasteiger partial charge < -0.3 is 9.72 Å². The van der Waals surface area contributed by atoms with Gasteiger partial charge in [-0.2, -0.15) is 0 Å². The largest absolute Gasteiger partial charge is 0.322 e. The van der Waals surface area contributed by atoms with Gasteiger partial charge in [-0.1, -0.05) is 5.92 Å². The van der Waals surface area contributed by atoms with Gasteiger partial charge in [-0.25, -0.2) is 4.98 Å². The van der Waals surface area contributed by atoms with Gasteiger partial charge in [0.15, 0.2) is 0 Å². The predicted octanol–water partition coefficient (Wildman–Crippen LogP) is 3.18. The van der Waals surface area contributed by atoms with E-state index < -0.39 is 0 Å². The summed E-state index contributed by atoms with van der Waals surface area (Å²) in [5.74, 6) is 2.36. The Morgan fingerprint density at radius 3 is 2.59 bits per heavy atom. The van der Waals surface area contributed by atoms with Crippen molar-refractivity contribution in [2.24, 2.45) is 0 Å². The van der Waals surface area contributed by atoms with Crippen LogP contribution in [-0.4, -0.2) is 15.3 Å². The normalized spacial score (nSPS) is 10.4. The highest BCUT2D eigenvalue weighted by atomic mass is 16.1. The first-order valence-electron chi connectivity index (χ1n) is 6.92. The van der Waals surface area contributed by atoms with E-state index in [2.05, 4.69) is 16.2 Å². The SMILES string of the molecule is C#Cc1ccc(NC(=O)c2ccc(C)n3cc(C)nc23)cc1. The summed E-state index contributed by atoms with van der Waals surface area (Å²) in [7, 11) is 0. The molecule has 1 N–H and O–H groups in total. The van der Waals surface area contributed by atoms with Crippen LogP contribution >= 0.6 is 0 Å². The maximum Gasteiger partial charge on any atom is 0.259 e. The molecule has 2 aromatic heterocycles. The first-order valence-corrected chi connectivity index (χ1v) is 6.92. The maximum atomic E-state index is 12.5. The first-order chi connectivity index (χ1) is 10.6. The lowest BCUT2D eigenvalue weighted by molar-refractivity contribution is 0.102. The summed E-state index contributed by atoms with van der Waals surface area (Å²) in [6.45, 7) is 3.89. The Kier molecular flexibility index (Phi) is 3.40. The van der Waals surface area contributed by atoms with Crippen LogP contribution in [0.3, 0.4) is 0 Å². The number of amides is 1. The molecule has 0 bridgehead atoms. The van der Waals surface area contributed by atoms with Crippen molar-refractivity contribution < 1.29 is 4.79 Å². The number of benzene rings is 1. The van der Waals surface area contributed by atoms with Crippen molar-refractivity contribution in [2.75, 3.05) is 5.32 Å². The summed E-state index contributed by atoms with van der Waals surface area (Å²) in [6.07, 6.45) is 7.24. The number of rotatable bonds is 2. The van der Waals surface area contributed by atoms with Crippen molar-refractivity contribution in [3.05, 3.63) is 65.1 Å². The number of fused-ring (bicyclic) bond motifs is 1. The smallest absolute Gasteiger partial charge is 0.259 e. The summed E-state index contributed by atoms with van der Waals surface area (Å²) in [5, 5.41) is 2.87. The molecule has 2 heterocycles. The number of aromatic nitrogens is 2. The second-order valence-electron chi connectivity index (χ2n) is 5.14. The third-order valence-electron chi connectivity index (χ3n) is 3.49. The zero-order chi connectivity index (χ0) is 15.7. The average Bonchev–Trinajstić information content (AvgIpc) is 2.90. The monoisotopic (exact) mass is 289 g/mol. The fraction of sp³-hybridized carbons (Fsp3) is 0.111. The average molecular weight is 289 g/mol. The second kappa shape index (κ2) is 5.38. The van der Waals surface area contributed by atoms with Crippen molar-refractivity contribution in [3.8, 4) is 12.3 Å². The van der Waals surface area contributed by atoms with Crippen LogP contribution in [0.1, 0.15) is 27.3 Å². The lowest BCUT2D eigenvalue weighted by Crippen LogP contribution is -2.13. The van der Waals surface area contributed by atoms with E-state index in [4.69, 9.17) is 6.42 Å². The molecular formula is C18H15N3O. The summed E-state index contributed by atoms with van der Waals surface area (Å²) >= 11 is 0. The minimum atomic E-state index is -0.191. The van der Waals surface area contributed by atoms with E-state index in [0.717, 1.165) is 17.0 Å². The third kappa shape index (κ3) is 2.45. The summed E-state index contributed by atoms with van der Waals surface area (Å²) in [6, 6.07) is 10.9. The first kappa shape index (κ1) is 13.9.